The van der Waals surface area contributed by atoms with Crippen LogP contribution in [0.5, 0.6) is 0 Å². The summed E-state index contributed by atoms with van der Waals surface area (Å²) in [6, 6.07) is 14.7. The van der Waals surface area contributed by atoms with Crippen LogP contribution in [0.2, 0.25) is 0 Å². The summed E-state index contributed by atoms with van der Waals surface area (Å²) in [4.78, 5) is 12.3. The highest BCUT2D eigenvalue weighted by atomic mass is 19.1. The van der Waals surface area contributed by atoms with E-state index in [9.17, 15) is 9.18 Å². The van der Waals surface area contributed by atoms with Crippen LogP contribution in [0.15, 0.2) is 48.5 Å². The van der Waals surface area contributed by atoms with Crippen LogP contribution in [0.3, 0.4) is 0 Å². The number of Topliss-reactive ketones (excluding diaryl/α,β-unsaturated/α-hetero) is 1. The van der Waals surface area contributed by atoms with Gasteiger partial charge in [0, 0.05) is 12.3 Å². The standard InChI is InChI=1S/C17H15FO/c18-16-8-4-3-7-14(16)11-17(19)15-9-12-5-1-2-6-13(12)10-15/h1-8,15H,9-11H2. The van der Waals surface area contributed by atoms with Gasteiger partial charge in [-0.2, -0.15) is 0 Å². The zero-order valence-electron chi connectivity index (χ0n) is 10.6. The van der Waals surface area contributed by atoms with E-state index in [1.807, 2.05) is 12.1 Å². The summed E-state index contributed by atoms with van der Waals surface area (Å²) in [5.74, 6) is -0.135. The normalized spacial score (nSPS) is 14.4. The molecule has 0 saturated carbocycles. The summed E-state index contributed by atoms with van der Waals surface area (Å²) in [7, 11) is 0. The summed E-state index contributed by atoms with van der Waals surface area (Å²) >= 11 is 0. The van der Waals surface area contributed by atoms with Crippen LogP contribution in [-0.4, -0.2) is 5.78 Å². The first-order valence-electron chi connectivity index (χ1n) is 6.57. The Kier molecular flexibility index (Phi) is 3.16. The molecule has 1 nitrogen and oxygen atoms in total. The molecular formula is C17H15FO. The zero-order chi connectivity index (χ0) is 13.2. The van der Waals surface area contributed by atoms with E-state index in [0.29, 0.717) is 5.56 Å². The molecular weight excluding hydrogens is 239 g/mol. The molecule has 1 aliphatic rings. The average Bonchev–Trinajstić information content (AvgIpc) is 2.85. The molecule has 0 saturated heterocycles. The summed E-state index contributed by atoms with van der Waals surface area (Å²) in [5.41, 5.74) is 3.02. The van der Waals surface area contributed by atoms with Gasteiger partial charge >= 0.3 is 0 Å². The number of carbonyl (C=O) groups is 1. The zero-order valence-corrected chi connectivity index (χ0v) is 10.6. The molecule has 0 amide bonds. The highest BCUT2D eigenvalue weighted by molar-refractivity contribution is 5.84. The number of halogens is 1. The number of hydrogen-bond acceptors (Lipinski definition) is 1. The Bertz CT molecular complexity index is 593. The Hall–Kier alpha value is -1.96. The minimum atomic E-state index is -0.286. The van der Waals surface area contributed by atoms with Gasteiger partial charge in [-0.25, -0.2) is 4.39 Å². The largest absolute Gasteiger partial charge is 0.299 e. The van der Waals surface area contributed by atoms with Gasteiger partial charge in [-0.1, -0.05) is 42.5 Å². The Balaban J connectivity index is 1.72. The Morgan fingerprint density at radius 1 is 1.00 bits per heavy atom. The van der Waals surface area contributed by atoms with Gasteiger partial charge in [0.1, 0.15) is 11.6 Å². The third kappa shape index (κ3) is 2.43. The second kappa shape index (κ2) is 4.96. The maximum absolute atomic E-state index is 13.5. The van der Waals surface area contributed by atoms with Crippen LogP contribution < -0.4 is 0 Å². The fourth-order valence-corrected chi connectivity index (χ4v) is 2.76. The van der Waals surface area contributed by atoms with E-state index in [1.165, 1.54) is 17.2 Å². The van der Waals surface area contributed by atoms with Crippen molar-refractivity contribution in [3.63, 3.8) is 0 Å². The van der Waals surface area contributed by atoms with Gasteiger partial charge in [0.15, 0.2) is 0 Å². The van der Waals surface area contributed by atoms with E-state index in [0.717, 1.165) is 12.8 Å². The first-order valence-corrected chi connectivity index (χ1v) is 6.57. The lowest BCUT2D eigenvalue weighted by atomic mass is 9.95. The Morgan fingerprint density at radius 3 is 2.21 bits per heavy atom. The molecule has 0 heterocycles. The van der Waals surface area contributed by atoms with Gasteiger partial charge in [0.25, 0.3) is 0 Å². The van der Waals surface area contributed by atoms with E-state index in [2.05, 4.69) is 12.1 Å². The molecule has 0 aromatic heterocycles. The molecule has 2 aromatic carbocycles. The molecule has 2 aromatic rings. The Morgan fingerprint density at radius 2 is 1.58 bits per heavy atom. The SMILES string of the molecule is O=C(Cc1ccccc1F)C1Cc2ccccc2C1. The van der Waals surface area contributed by atoms with Crippen molar-refractivity contribution in [3.8, 4) is 0 Å². The van der Waals surface area contributed by atoms with E-state index < -0.39 is 0 Å². The van der Waals surface area contributed by atoms with Crippen molar-refractivity contribution in [2.45, 2.75) is 19.3 Å². The summed E-state index contributed by atoms with van der Waals surface area (Å²) in [5, 5.41) is 0. The van der Waals surface area contributed by atoms with E-state index in [4.69, 9.17) is 0 Å². The predicted octanol–water partition coefficient (Wildman–Crippen LogP) is 3.35. The van der Waals surface area contributed by atoms with Crippen LogP contribution in [0, 0.1) is 11.7 Å². The van der Waals surface area contributed by atoms with Crippen molar-refractivity contribution < 1.29 is 9.18 Å². The molecule has 0 fully saturated rings. The minimum Gasteiger partial charge on any atom is -0.299 e. The van der Waals surface area contributed by atoms with Crippen molar-refractivity contribution in [1.82, 2.24) is 0 Å². The van der Waals surface area contributed by atoms with Crippen molar-refractivity contribution >= 4 is 5.78 Å². The van der Waals surface area contributed by atoms with Gasteiger partial charge in [-0.05, 0) is 35.6 Å². The molecule has 19 heavy (non-hydrogen) atoms. The van der Waals surface area contributed by atoms with Crippen molar-refractivity contribution in [2.24, 2.45) is 5.92 Å². The van der Waals surface area contributed by atoms with Gasteiger partial charge in [0.05, 0.1) is 0 Å². The lowest BCUT2D eigenvalue weighted by Gasteiger charge is -2.08. The number of rotatable bonds is 3. The minimum absolute atomic E-state index is 0.0111. The summed E-state index contributed by atoms with van der Waals surface area (Å²) in [6.45, 7) is 0. The van der Waals surface area contributed by atoms with Crippen molar-refractivity contribution in [3.05, 3.63) is 71.0 Å². The Labute approximate surface area is 112 Å². The van der Waals surface area contributed by atoms with Crippen molar-refractivity contribution in [2.75, 3.05) is 0 Å². The fourth-order valence-electron chi connectivity index (χ4n) is 2.76. The van der Waals surface area contributed by atoms with E-state index >= 15 is 0 Å². The van der Waals surface area contributed by atoms with Gasteiger partial charge in [-0.15, -0.1) is 0 Å². The monoisotopic (exact) mass is 254 g/mol. The molecule has 1 aliphatic carbocycles. The molecule has 2 heteroatoms. The number of fused-ring (bicyclic) bond motifs is 1. The molecule has 0 radical (unpaired) electrons. The number of carbonyl (C=O) groups excluding carboxylic acids is 1. The highest BCUT2D eigenvalue weighted by Crippen LogP contribution is 2.28. The number of ketones is 1. The van der Waals surface area contributed by atoms with Crippen LogP contribution >= 0.6 is 0 Å². The first kappa shape index (κ1) is 12.1. The lowest BCUT2D eigenvalue weighted by molar-refractivity contribution is -0.122. The van der Waals surface area contributed by atoms with Crippen LogP contribution in [0.1, 0.15) is 16.7 Å². The topological polar surface area (TPSA) is 17.1 Å². The maximum Gasteiger partial charge on any atom is 0.141 e. The van der Waals surface area contributed by atoms with E-state index in [-0.39, 0.29) is 23.9 Å². The smallest absolute Gasteiger partial charge is 0.141 e. The molecule has 96 valence electrons. The molecule has 0 atom stereocenters. The van der Waals surface area contributed by atoms with Crippen LogP contribution in [0.4, 0.5) is 4.39 Å². The number of hydrogen-bond donors (Lipinski definition) is 0. The van der Waals surface area contributed by atoms with Gasteiger partial charge < -0.3 is 0 Å². The van der Waals surface area contributed by atoms with Crippen molar-refractivity contribution in [1.29, 1.82) is 0 Å². The van der Waals surface area contributed by atoms with Crippen LogP contribution in [-0.2, 0) is 24.1 Å². The summed E-state index contributed by atoms with van der Waals surface area (Å²) < 4.78 is 13.5. The fraction of sp³-hybridized carbons (Fsp3) is 0.235. The maximum atomic E-state index is 13.5. The first-order chi connectivity index (χ1) is 9.24. The van der Waals surface area contributed by atoms with Gasteiger partial charge in [0.2, 0.25) is 0 Å². The molecule has 0 N–H and O–H groups in total. The average molecular weight is 254 g/mol. The number of benzene rings is 2. The van der Waals surface area contributed by atoms with Crippen LogP contribution in [0.25, 0.3) is 0 Å². The second-order valence-corrected chi connectivity index (χ2v) is 5.11. The predicted molar refractivity (Wildman–Crippen MR) is 72.5 cm³/mol. The molecule has 0 spiro atoms. The second-order valence-electron chi connectivity index (χ2n) is 5.11. The third-order valence-corrected chi connectivity index (χ3v) is 3.83. The molecule has 0 bridgehead atoms. The highest BCUT2D eigenvalue weighted by Gasteiger charge is 2.27. The third-order valence-electron chi connectivity index (χ3n) is 3.83. The molecule has 0 aliphatic heterocycles. The van der Waals surface area contributed by atoms with Gasteiger partial charge in [-0.3, -0.25) is 4.79 Å². The summed E-state index contributed by atoms with van der Waals surface area (Å²) in [6.07, 6.45) is 1.79. The quantitative estimate of drug-likeness (QED) is 0.821. The molecule has 3 rings (SSSR count). The lowest BCUT2D eigenvalue weighted by Crippen LogP contribution is -2.17. The van der Waals surface area contributed by atoms with E-state index in [1.54, 1.807) is 18.2 Å². The molecule has 0 unspecified atom stereocenters.